The normalized spacial score (nSPS) is 11.4. The first kappa shape index (κ1) is 14.5. The van der Waals surface area contributed by atoms with Crippen LogP contribution in [0.3, 0.4) is 0 Å². The second-order valence-corrected chi connectivity index (χ2v) is 6.40. The maximum atomic E-state index is 12.0. The van der Waals surface area contributed by atoms with Crippen molar-refractivity contribution >= 4 is 56.7 Å². The van der Waals surface area contributed by atoms with Crippen LogP contribution in [-0.4, -0.2) is 10.9 Å². The molecule has 0 saturated heterocycles. The molecule has 0 aromatic heterocycles. The summed E-state index contributed by atoms with van der Waals surface area (Å²) < 4.78 is 2.15. The predicted octanol–water partition coefficient (Wildman–Crippen LogP) is 4.68. The topological polar surface area (TPSA) is 37.3 Å². The van der Waals surface area contributed by atoms with E-state index in [0.29, 0.717) is 11.1 Å². The average molecular weight is 476 g/mol. The highest BCUT2D eigenvalue weighted by Crippen LogP contribution is 2.15. The Kier molecular flexibility index (Phi) is 4.98. The minimum atomic E-state index is -0.201. The molecule has 0 amide bonds. The van der Waals surface area contributed by atoms with Crippen molar-refractivity contribution in [1.82, 2.24) is 0 Å². The first-order valence-electron chi connectivity index (χ1n) is 5.53. The second kappa shape index (κ2) is 6.51. The zero-order valence-corrected chi connectivity index (χ0v) is 14.1. The molecule has 0 atom stereocenters. The zero-order chi connectivity index (χ0) is 13.8. The van der Waals surface area contributed by atoms with Crippen LogP contribution in [0.1, 0.15) is 15.9 Å². The molecular weight excluding hydrogens is 466 g/mol. The lowest BCUT2D eigenvalue weighted by atomic mass is 10.1. The zero-order valence-electron chi connectivity index (χ0n) is 9.81. The lowest BCUT2D eigenvalue weighted by molar-refractivity contribution is 0.104. The molecule has 2 nitrogen and oxygen atoms in total. The number of hydrogen-bond donors (Lipinski definition) is 1. The maximum Gasteiger partial charge on any atom is 0.189 e. The number of benzene rings is 2. The quantitative estimate of drug-likeness (QED) is 0.303. The van der Waals surface area contributed by atoms with E-state index < -0.39 is 0 Å². The van der Waals surface area contributed by atoms with Crippen LogP contribution < -0.4 is 0 Å². The van der Waals surface area contributed by atoms with E-state index in [2.05, 4.69) is 45.2 Å². The van der Waals surface area contributed by atoms with E-state index in [1.807, 2.05) is 24.3 Å². The van der Waals surface area contributed by atoms with Gasteiger partial charge in [-0.15, -0.1) is 0 Å². The number of ketones is 1. The van der Waals surface area contributed by atoms with Gasteiger partial charge in [-0.25, -0.2) is 0 Å². The number of allylic oxidation sites excluding steroid dienone is 1. The molecule has 96 valence electrons. The smallest absolute Gasteiger partial charge is 0.189 e. The summed E-state index contributed by atoms with van der Waals surface area (Å²) in [4.78, 5) is 12.0. The molecule has 0 unspecified atom stereocenters. The highest BCUT2D eigenvalue weighted by molar-refractivity contribution is 14.1. The van der Waals surface area contributed by atoms with Crippen LogP contribution in [0.25, 0.3) is 5.76 Å². The van der Waals surface area contributed by atoms with Crippen LogP contribution in [0.2, 0.25) is 0 Å². The minimum Gasteiger partial charge on any atom is -0.507 e. The van der Waals surface area contributed by atoms with Gasteiger partial charge in [-0.05, 0) is 69.4 Å². The van der Waals surface area contributed by atoms with Gasteiger partial charge in [-0.1, -0.05) is 24.3 Å². The van der Waals surface area contributed by atoms with Crippen molar-refractivity contribution in [2.75, 3.05) is 0 Å². The van der Waals surface area contributed by atoms with Gasteiger partial charge in [0.1, 0.15) is 5.76 Å². The lowest BCUT2D eigenvalue weighted by Crippen LogP contribution is -1.96. The molecule has 2 aromatic carbocycles. The van der Waals surface area contributed by atoms with E-state index in [1.165, 1.54) is 6.08 Å². The van der Waals surface area contributed by atoms with Gasteiger partial charge in [0.2, 0.25) is 0 Å². The average Bonchev–Trinajstić information content (AvgIpc) is 2.40. The fraction of sp³-hybridized carbons (Fsp3) is 0. The highest BCUT2D eigenvalue weighted by Gasteiger charge is 2.06. The molecular formula is C15H10I2O2. The Balaban J connectivity index is 2.22. The van der Waals surface area contributed by atoms with Gasteiger partial charge in [0.05, 0.1) is 0 Å². The van der Waals surface area contributed by atoms with Crippen molar-refractivity contribution in [3.05, 3.63) is 72.9 Å². The van der Waals surface area contributed by atoms with E-state index in [9.17, 15) is 9.90 Å². The number of carbonyl (C=O) groups is 1. The predicted molar refractivity (Wildman–Crippen MR) is 93.3 cm³/mol. The van der Waals surface area contributed by atoms with Gasteiger partial charge in [0, 0.05) is 24.3 Å². The summed E-state index contributed by atoms with van der Waals surface area (Å²) in [6.07, 6.45) is 1.25. The van der Waals surface area contributed by atoms with E-state index in [4.69, 9.17) is 0 Å². The second-order valence-electron chi connectivity index (χ2n) is 3.91. The molecule has 0 saturated carbocycles. The monoisotopic (exact) mass is 476 g/mol. The van der Waals surface area contributed by atoms with E-state index >= 15 is 0 Å². The molecule has 2 aromatic rings. The third-order valence-corrected chi connectivity index (χ3v) is 3.97. The van der Waals surface area contributed by atoms with Crippen molar-refractivity contribution in [3.63, 3.8) is 0 Å². The van der Waals surface area contributed by atoms with E-state index in [1.54, 1.807) is 24.3 Å². The fourth-order valence-electron chi connectivity index (χ4n) is 1.53. The van der Waals surface area contributed by atoms with Crippen LogP contribution in [0, 0.1) is 7.14 Å². The van der Waals surface area contributed by atoms with Crippen molar-refractivity contribution in [1.29, 1.82) is 0 Å². The molecule has 4 heteroatoms. The third-order valence-electron chi connectivity index (χ3n) is 2.54. The van der Waals surface area contributed by atoms with Crippen LogP contribution in [-0.2, 0) is 0 Å². The Morgan fingerprint density at radius 1 is 0.842 bits per heavy atom. The van der Waals surface area contributed by atoms with Crippen molar-refractivity contribution in [2.45, 2.75) is 0 Å². The van der Waals surface area contributed by atoms with Gasteiger partial charge in [0.25, 0.3) is 0 Å². The van der Waals surface area contributed by atoms with Gasteiger partial charge in [-0.2, -0.15) is 0 Å². The fourth-order valence-corrected chi connectivity index (χ4v) is 2.24. The first-order valence-corrected chi connectivity index (χ1v) is 7.68. The largest absolute Gasteiger partial charge is 0.507 e. The summed E-state index contributed by atoms with van der Waals surface area (Å²) in [5, 5.41) is 9.93. The molecule has 0 aliphatic heterocycles. The number of hydrogen-bond acceptors (Lipinski definition) is 2. The molecule has 0 spiro atoms. The van der Waals surface area contributed by atoms with Crippen LogP contribution >= 0.6 is 45.2 Å². The van der Waals surface area contributed by atoms with Crippen LogP contribution in [0.15, 0.2) is 54.6 Å². The Hall–Kier alpha value is -0.890. The molecule has 0 aliphatic rings. The van der Waals surface area contributed by atoms with Crippen LogP contribution in [0.5, 0.6) is 0 Å². The Morgan fingerprint density at radius 3 is 1.74 bits per heavy atom. The summed E-state index contributed by atoms with van der Waals surface area (Å²) in [7, 11) is 0. The molecule has 2 rings (SSSR count). The molecule has 0 fully saturated rings. The van der Waals surface area contributed by atoms with Gasteiger partial charge >= 0.3 is 0 Å². The Labute approximate surface area is 138 Å². The van der Waals surface area contributed by atoms with Crippen LogP contribution in [0.4, 0.5) is 0 Å². The van der Waals surface area contributed by atoms with Crippen molar-refractivity contribution in [2.24, 2.45) is 0 Å². The van der Waals surface area contributed by atoms with Crippen molar-refractivity contribution < 1.29 is 9.90 Å². The standard InChI is InChI=1S/C15H10I2O2/c16-12-5-1-10(2-6-12)14(18)9-15(19)11-3-7-13(17)8-4-11/h1-9,18H/b14-9-. The molecule has 0 bridgehead atoms. The summed E-state index contributed by atoms with van der Waals surface area (Å²) in [6, 6.07) is 14.6. The lowest BCUT2D eigenvalue weighted by Gasteiger charge is -2.01. The molecule has 0 aliphatic carbocycles. The minimum absolute atomic E-state index is 0.0139. The SMILES string of the molecule is O=C(/C=C(\O)c1ccc(I)cc1)c1ccc(I)cc1. The Morgan fingerprint density at radius 2 is 1.26 bits per heavy atom. The van der Waals surface area contributed by atoms with E-state index in [0.717, 1.165) is 7.14 Å². The highest BCUT2D eigenvalue weighted by atomic mass is 127. The number of aliphatic hydroxyl groups is 1. The summed E-state index contributed by atoms with van der Waals surface area (Å²) in [5.74, 6) is -0.215. The van der Waals surface area contributed by atoms with Gasteiger partial charge in [0.15, 0.2) is 5.78 Å². The third kappa shape index (κ3) is 4.04. The number of aliphatic hydroxyl groups excluding tert-OH is 1. The summed E-state index contributed by atoms with van der Waals surface area (Å²) >= 11 is 4.37. The molecule has 19 heavy (non-hydrogen) atoms. The molecule has 0 heterocycles. The van der Waals surface area contributed by atoms with Gasteiger partial charge < -0.3 is 5.11 Å². The van der Waals surface area contributed by atoms with E-state index in [-0.39, 0.29) is 11.5 Å². The molecule has 0 radical (unpaired) electrons. The maximum absolute atomic E-state index is 12.0. The number of rotatable bonds is 3. The number of carbonyl (C=O) groups excluding carboxylic acids is 1. The number of halogens is 2. The summed E-state index contributed by atoms with van der Waals surface area (Å²) in [5.41, 5.74) is 1.21. The Bertz CT molecular complexity index is 614. The summed E-state index contributed by atoms with van der Waals surface area (Å²) in [6.45, 7) is 0. The van der Waals surface area contributed by atoms with Gasteiger partial charge in [-0.3, -0.25) is 4.79 Å². The van der Waals surface area contributed by atoms with Crippen molar-refractivity contribution in [3.8, 4) is 0 Å². The molecule has 1 N–H and O–H groups in total. The first-order chi connectivity index (χ1) is 9.06.